The zero-order valence-electron chi connectivity index (χ0n) is 18.3. The molecule has 2 atom stereocenters. The van der Waals surface area contributed by atoms with Crippen molar-refractivity contribution < 1.29 is 19.2 Å². The molecule has 2 N–H and O–H groups in total. The van der Waals surface area contributed by atoms with Crippen LogP contribution >= 0.6 is 11.6 Å². The van der Waals surface area contributed by atoms with Crippen LogP contribution in [0.5, 0.6) is 5.75 Å². The van der Waals surface area contributed by atoms with Crippen LogP contribution in [0.4, 0.5) is 5.69 Å². The first-order chi connectivity index (χ1) is 15.2. The molecule has 0 saturated heterocycles. The number of benzene rings is 2. The molecule has 8 heteroatoms. The number of halogens is 1. The Hall–Kier alpha value is -3.06. The number of nitrogens with one attached hydrogen (secondary N) is 1. The first-order valence-electron chi connectivity index (χ1n) is 10.6. The molecule has 0 aliphatic heterocycles. The molecule has 1 heterocycles. The minimum atomic E-state index is -0.729. The fourth-order valence-corrected chi connectivity index (χ4v) is 4.18. The van der Waals surface area contributed by atoms with Gasteiger partial charge in [-0.05, 0) is 82.5 Å². The van der Waals surface area contributed by atoms with Gasteiger partial charge in [-0.25, -0.2) is 0 Å². The summed E-state index contributed by atoms with van der Waals surface area (Å²) in [6.45, 7) is 5.69. The molecule has 0 unspecified atom stereocenters. The Kier molecular flexibility index (Phi) is 6.11. The number of hydrogen-bond donors (Lipinski definition) is 2. The molecule has 32 heavy (non-hydrogen) atoms. The second-order valence-corrected chi connectivity index (χ2v) is 9.17. The average Bonchev–Trinajstić information content (AvgIpc) is 3.38. The summed E-state index contributed by atoms with van der Waals surface area (Å²) in [5.41, 5.74) is 1.81. The summed E-state index contributed by atoms with van der Waals surface area (Å²) in [7, 11) is 0. The Labute approximate surface area is 191 Å². The average molecular weight is 456 g/mol. The molecular weight excluding hydrogens is 430 g/mol. The van der Waals surface area contributed by atoms with Crippen LogP contribution in [0.15, 0.2) is 47.0 Å². The number of anilines is 1. The van der Waals surface area contributed by atoms with Crippen LogP contribution in [0, 0.1) is 5.41 Å². The molecule has 7 nitrogen and oxygen atoms in total. The van der Waals surface area contributed by atoms with Crippen LogP contribution in [0.2, 0.25) is 5.02 Å². The Morgan fingerprint density at radius 3 is 2.59 bits per heavy atom. The number of carboxylic acids is 1. The first kappa shape index (κ1) is 22.1. The summed E-state index contributed by atoms with van der Waals surface area (Å²) in [5, 5.41) is 17.4. The molecule has 1 saturated carbocycles. The lowest BCUT2D eigenvalue weighted by Gasteiger charge is -2.19. The summed E-state index contributed by atoms with van der Waals surface area (Å²) in [5.74, 6) is 0.736. The maximum absolute atomic E-state index is 11.4. The predicted octanol–water partition coefficient (Wildman–Crippen LogP) is 5.90. The van der Waals surface area contributed by atoms with Crippen LogP contribution in [0.1, 0.15) is 40.0 Å². The number of rotatable bonds is 7. The quantitative estimate of drug-likeness (QED) is 0.457. The largest absolute Gasteiger partial charge is 0.489 e. The molecule has 1 aromatic heterocycles. The van der Waals surface area contributed by atoms with E-state index < -0.39 is 11.4 Å². The molecule has 0 spiro atoms. The Balaban J connectivity index is 1.44. The Bertz CT molecular complexity index is 1110. The summed E-state index contributed by atoms with van der Waals surface area (Å²) in [6, 6.07) is 13.2. The molecule has 1 aliphatic rings. The van der Waals surface area contributed by atoms with Crippen LogP contribution in [-0.2, 0) is 4.79 Å². The molecule has 2 aromatic carbocycles. The van der Waals surface area contributed by atoms with E-state index in [1.807, 2.05) is 51.1 Å². The Morgan fingerprint density at radius 1 is 1.25 bits per heavy atom. The lowest BCUT2D eigenvalue weighted by molar-refractivity contribution is -0.147. The highest BCUT2D eigenvalue weighted by Crippen LogP contribution is 2.39. The van der Waals surface area contributed by atoms with Crippen molar-refractivity contribution in [1.82, 2.24) is 10.1 Å². The topological polar surface area (TPSA) is 97.5 Å². The monoisotopic (exact) mass is 455 g/mol. The molecule has 1 aliphatic carbocycles. The van der Waals surface area contributed by atoms with Crippen molar-refractivity contribution in [2.24, 2.45) is 5.41 Å². The van der Waals surface area contributed by atoms with E-state index in [-0.39, 0.29) is 12.1 Å². The summed E-state index contributed by atoms with van der Waals surface area (Å²) >= 11 is 6.32. The molecule has 0 amide bonds. The maximum Gasteiger partial charge on any atom is 0.309 e. The second kappa shape index (κ2) is 8.82. The minimum Gasteiger partial charge on any atom is -0.489 e. The third-order valence-corrected chi connectivity index (χ3v) is 6.03. The SMILES string of the molecule is CC(C)Oc1ccc(-c2noc(-c3ccc(N[C@H]4CC[C@@](C)(C(=O)O)C4)cc3)n2)cc1Cl. The van der Waals surface area contributed by atoms with Crippen LogP contribution < -0.4 is 10.1 Å². The van der Waals surface area contributed by atoms with Gasteiger partial charge in [0.1, 0.15) is 5.75 Å². The predicted molar refractivity (Wildman–Crippen MR) is 123 cm³/mol. The van der Waals surface area contributed by atoms with E-state index >= 15 is 0 Å². The number of ether oxygens (including phenoxy) is 1. The van der Waals surface area contributed by atoms with E-state index in [4.69, 9.17) is 20.9 Å². The van der Waals surface area contributed by atoms with Crippen LogP contribution in [0.3, 0.4) is 0 Å². The van der Waals surface area contributed by atoms with E-state index in [1.54, 1.807) is 12.1 Å². The van der Waals surface area contributed by atoms with Gasteiger partial charge in [0, 0.05) is 22.9 Å². The summed E-state index contributed by atoms with van der Waals surface area (Å²) in [4.78, 5) is 15.9. The van der Waals surface area contributed by atoms with Gasteiger partial charge < -0.3 is 19.7 Å². The van der Waals surface area contributed by atoms with E-state index in [2.05, 4.69) is 15.5 Å². The molecule has 1 fully saturated rings. The number of hydrogen-bond acceptors (Lipinski definition) is 6. The van der Waals surface area contributed by atoms with Crippen molar-refractivity contribution >= 4 is 23.3 Å². The highest BCUT2D eigenvalue weighted by molar-refractivity contribution is 6.32. The fraction of sp³-hybridized carbons (Fsp3) is 0.375. The zero-order chi connectivity index (χ0) is 22.9. The summed E-state index contributed by atoms with van der Waals surface area (Å²) in [6.07, 6.45) is 2.15. The van der Waals surface area contributed by atoms with Gasteiger partial charge in [0.25, 0.3) is 5.89 Å². The van der Waals surface area contributed by atoms with Gasteiger partial charge in [-0.2, -0.15) is 4.98 Å². The molecule has 0 bridgehead atoms. The van der Waals surface area contributed by atoms with Gasteiger partial charge in [-0.1, -0.05) is 16.8 Å². The van der Waals surface area contributed by atoms with E-state index in [1.165, 1.54) is 0 Å². The zero-order valence-corrected chi connectivity index (χ0v) is 19.0. The van der Waals surface area contributed by atoms with Gasteiger partial charge in [0.05, 0.1) is 16.5 Å². The smallest absolute Gasteiger partial charge is 0.309 e. The van der Waals surface area contributed by atoms with Gasteiger partial charge in [0.15, 0.2) is 0 Å². The molecule has 4 rings (SSSR count). The van der Waals surface area contributed by atoms with Gasteiger partial charge in [0.2, 0.25) is 5.82 Å². The van der Waals surface area contributed by atoms with E-state index in [0.29, 0.717) is 35.3 Å². The normalized spacial score (nSPS) is 20.5. The van der Waals surface area contributed by atoms with Crippen LogP contribution in [-0.4, -0.2) is 33.4 Å². The molecular formula is C24H26ClN3O4. The number of aromatic nitrogens is 2. The van der Waals surface area contributed by atoms with Crippen molar-refractivity contribution in [2.75, 3.05) is 5.32 Å². The molecule has 168 valence electrons. The molecule has 0 radical (unpaired) electrons. The molecule has 3 aromatic rings. The Morgan fingerprint density at radius 2 is 1.97 bits per heavy atom. The van der Waals surface area contributed by atoms with E-state index in [0.717, 1.165) is 23.2 Å². The number of aliphatic carboxylic acids is 1. The van der Waals surface area contributed by atoms with Gasteiger partial charge >= 0.3 is 5.97 Å². The van der Waals surface area contributed by atoms with Gasteiger partial charge in [-0.15, -0.1) is 0 Å². The number of carboxylic acid groups (broad SMARTS) is 1. The van der Waals surface area contributed by atoms with E-state index in [9.17, 15) is 9.90 Å². The standard InChI is InChI=1S/C24H26ClN3O4/c1-14(2)31-20-9-6-16(12-19(20)25)21-27-22(32-28-21)15-4-7-17(8-5-15)26-18-10-11-24(3,13-18)23(29)30/h4-9,12,14,18,26H,10-11,13H2,1-3H3,(H,29,30)/t18-,24+/m0/s1. The highest BCUT2D eigenvalue weighted by atomic mass is 35.5. The second-order valence-electron chi connectivity index (χ2n) is 8.76. The van der Waals surface area contributed by atoms with Crippen molar-refractivity contribution in [1.29, 1.82) is 0 Å². The summed E-state index contributed by atoms with van der Waals surface area (Å²) < 4.78 is 11.1. The van der Waals surface area contributed by atoms with Crippen molar-refractivity contribution in [3.8, 4) is 28.6 Å². The lowest BCUT2D eigenvalue weighted by atomic mass is 9.89. The third kappa shape index (κ3) is 4.72. The first-order valence-corrected chi connectivity index (χ1v) is 11.0. The number of nitrogens with zero attached hydrogens (tertiary/aromatic N) is 2. The van der Waals surface area contributed by atoms with Crippen molar-refractivity contribution in [3.63, 3.8) is 0 Å². The fourth-order valence-electron chi connectivity index (χ4n) is 3.95. The highest BCUT2D eigenvalue weighted by Gasteiger charge is 2.41. The van der Waals surface area contributed by atoms with Gasteiger partial charge in [-0.3, -0.25) is 4.79 Å². The minimum absolute atomic E-state index is 0.0305. The third-order valence-electron chi connectivity index (χ3n) is 5.74. The lowest BCUT2D eigenvalue weighted by Crippen LogP contribution is -2.26. The van der Waals surface area contributed by atoms with Crippen molar-refractivity contribution in [3.05, 3.63) is 47.5 Å². The number of carbonyl (C=O) groups is 1. The van der Waals surface area contributed by atoms with Crippen LogP contribution in [0.25, 0.3) is 22.8 Å². The maximum atomic E-state index is 11.4. The van der Waals surface area contributed by atoms with Crippen molar-refractivity contribution in [2.45, 2.75) is 52.2 Å².